The summed E-state index contributed by atoms with van der Waals surface area (Å²) in [4.78, 5) is 22.9. The summed E-state index contributed by atoms with van der Waals surface area (Å²) < 4.78 is 4.81. The molecule has 0 unspecified atom stereocenters. The van der Waals surface area contributed by atoms with Crippen LogP contribution in [-0.2, 0) is 14.3 Å². The van der Waals surface area contributed by atoms with E-state index in [1.54, 1.807) is 6.92 Å². The van der Waals surface area contributed by atoms with E-state index in [0.29, 0.717) is 13.0 Å². The van der Waals surface area contributed by atoms with Gasteiger partial charge in [-0.05, 0) is 25.7 Å². The van der Waals surface area contributed by atoms with Gasteiger partial charge >= 0.3 is 5.97 Å². The minimum atomic E-state index is -0.250. The molecule has 0 radical (unpaired) electrons. The first kappa shape index (κ1) is 13.2. The van der Waals surface area contributed by atoms with Gasteiger partial charge in [-0.2, -0.15) is 0 Å². The van der Waals surface area contributed by atoms with E-state index >= 15 is 0 Å². The smallest absolute Gasteiger partial charge is 0.306 e. The normalized spacial score (nSPS) is 25.1. The van der Waals surface area contributed by atoms with Crippen molar-refractivity contribution < 1.29 is 14.3 Å². The quantitative estimate of drug-likeness (QED) is 0.677. The predicted octanol–water partition coefficient (Wildman–Crippen LogP) is 2.73. The van der Waals surface area contributed by atoms with Crippen LogP contribution in [0.4, 0.5) is 0 Å². The molecule has 0 amide bonds. The van der Waals surface area contributed by atoms with E-state index in [9.17, 15) is 9.59 Å². The summed E-state index contributed by atoms with van der Waals surface area (Å²) in [5.74, 6) is 0.958. The van der Waals surface area contributed by atoms with Gasteiger partial charge in [0.2, 0.25) is 0 Å². The van der Waals surface area contributed by atoms with Gasteiger partial charge in [-0.15, -0.1) is 0 Å². The molecule has 92 valence electrons. The number of hydrogen-bond donors (Lipinski definition) is 0. The number of ketones is 1. The monoisotopic (exact) mass is 226 g/mol. The molecule has 0 spiro atoms. The Morgan fingerprint density at radius 1 is 1.12 bits per heavy atom. The summed E-state index contributed by atoms with van der Waals surface area (Å²) >= 11 is 0. The van der Waals surface area contributed by atoms with Crippen LogP contribution in [0.15, 0.2) is 0 Å². The van der Waals surface area contributed by atoms with Gasteiger partial charge in [-0.3, -0.25) is 9.59 Å². The number of Topliss-reactive ketones (excluding diaryl/α,β-unsaturated/α-hetero) is 1. The first-order valence-electron chi connectivity index (χ1n) is 6.31. The van der Waals surface area contributed by atoms with Crippen LogP contribution in [0.1, 0.15) is 52.4 Å². The Balaban J connectivity index is 2.22. The standard InChI is InChI=1S/C13H22O3/c1-3-16-13(15)9-8-12(14)11-6-4-10(2)5-7-11/h10-11H,3-9H2,1-2H3. The Kier molecular flexibility index (Phi) is 5.50. The fraction of sp³-hybridized carbons (Fsp3) is 0.846. The molecule has 0 N–H and O–H groups in total. The molecule has 1 aliphatic rings. The van der Waals surface area contributed by atoms with Crippen molar-refractivity contribution in [1.82, 2.24) is 0 Å². The summed E-state index contributed by atoms with van der Waals surface area (Å²) in [5.41, 5.74) is 0. The van der Waals surface area contributed by atoms with Crippen molar-refractivity contribution >= 4 is 11.8 Å². The van der Waals surface area contributed by atoms with Gasteiger partial charge in [-0.1, -0.05) is 19.8 Å². The van der Waals surface area contributed by atoms with Crippen molar-refractivity contribution in [3.63, 3.8) is 0 Å². The molecule has 1 aliphatic carbocycles. The minimum Gasteiger partial charge on any atom is -0.466 e. The van der Waals surface area contributed by atoms with Crippen LogP contribution in [0.2, 0.25) is 0 Å². The van der Waals surface area contributed by atoms with Gasteiger partial charge in [0.25, 0.3) is 0 Å². The Morgan fingerprint density at radius 3 is 2.31 bits per heavy atom. The third-order valence-electron chi connectivity index (χ3n) is 3.35. The van der Waals surface area contributed by atoms with Crippen LogP contribution >= 0.6 is 0 Å². The van der Waals surface area contributed by atoms with E-state index in [1.165, 1.54) is 0 Å². The Bertz CT molecular complexity index is 240. The van der Waals surface area contributed by atoms with Crippen LogP contribution in [0, 0.1) is 11.8 Å². The molecule has 0 saturated heterocycles. The largest absolute Gasteiger partial charge is 0.466 e. The van der Waals surface area contributed by atoms with Gasteiger partial charge in [0.05, 0.1) is 13.0 Å². The van der Waals surface area contributed by atoms with Crippen molar-refractivity contribution in [2.75, 3.05) is 6.61 Å². The number of carbonyl (C=O) groups excluding carboxylic acids is 2. The van der Waals surface area contributed by atoms with E-state index < -0.39 is 0 Å². The van der Waals surface area contributed by atoms with Gasteiger partial charge in [0.15, 0.2) is 0 Å². The highest BCUT2D eigenvalue weighted by Gasteiger charge is 2.24. The lowest BCUT2D eigenvalue weighted by molar-refractivity contribution is -0.144. The number of hydrogen-bond acceptors (Lipinski definition) is 3. The summed E-state index contributed by atoms with van der Waals surface area (Å²) in [7, 11) is 0. The Labute approximate surface area is 97.5 Å². The summed E-state index contributed by atoms with van der Waals surface area (Å²) in [5, 5.41) is 0. The average molecular weight is 226 g/mol. The maximum atomic E-state index is 11.8. The minimum absolute atomic E-state index is 0.200. The zero-order valence-corrected chi connectivity index (χ0v) is 10.3. The molecule has 16 heavy (non-hydrogen) atoms. The Hall–Kier alpha value is -0.860. The first-order valence-corrected chi connectivity index (χ1v) is 6.31. The molecule has 0 aromatic heterocycles. The highest BCUT2D eigenvalue weighted by atomic mass is 16.5. The lowest BCUT2D eigenvalue weighted by atomic mass is 9.80. The number of ether oxygens (including phenoxy) is 1. The average Bonchev–Trinajstić information content (AvgIpc) is 2.27. The van der Waals surface area contributed by atoms with Crippen molar-refractivity contribution in [2.45, 2.75) is 52.4 Å². The van der Waals surface area contributed by atoms with Crippen molar-refractivity contribution in [1.29, 1.82) is 0 Å². The molecule has 1 rings (SSSR count). The van der Waals surface area contributed by atoms with E-state index in [1.807, 2.05) is 0 Å². The van der Waals surface area contributed by atoms with Crippen LogP contribution < -0.4 is 0 Å². The molecular weight excluding hydrogens is 204 g/mol. The van der Waals surface area contributed by atoms with Crippen molar-refractivity contribution in [3.8, 4) is 0 Å². The van der Waals surface area contributed by atoms with Crippen LogP contribution in [0.5, 0.6) is 0 Å². The zero-order valence-electron chi connectivity index (χ0n) is 10.3. The fourth-order valence-corrected chi connectivity index (χ4v) is 2.24. The van der Waals surface area contributed by atoms with E-state index in [2.05, 4.69) is 6.92 Å². The molecule has 0 heterocycles. The van der Waals surface area contributed by atoms with E-state index in [4.69, 9.17) is 4.74 Å². The second-order valence-corrected chi connectivity index (χ2v) is 4.73. The third-order valence-corrected chi connectivity index (χ3v) is 3.35. The maximum absolute atomic E-state index is 11.8. The molecule has 0 atom stereocenters. The molecule has 1 saturated carbocycles. The molecule has 0 aromatic rings. The summed E-state index contributed by atoms with van der Waals surface area (Å²) in [6.45, 7) is 4.41. The Morgan fingerprint density at radius 2 is 1.75 bits per heavy atom. The van der Waals surface area contributed by atoms with E-state index in [-0.39, 0.29) is 24.1 Å². The highest BCUT2D eigenvalue weighted by molar-refractivity contribution is 5.84. The van der Waals surface area contributed by atoms with Crippen molar-refractivity contribution in [3.05, 3.63) is 0 Å². The second-order valence-electron chi connectivity index (χ2n) is 4.73. The molecule has 3 heteroatoms. The molecule has 0 aliphatic heterocycles. The van der Waals surface area contributed by atoms with Crippen LogP contribution in [-0.4, -0.2) is 18.4 Å². The fourth-order valence-electron chi connectivity index (χ4n) is 2.24. The summed E-state index contributed by atoms with van der Waals surface area (Å²) in [6.07, 6.45) is 4.91. The molecule has 0 bridgehead atoms. The number of rotatable bonds is 5. The van der Waals surface area contributed by atoms with E-state index in [0.717, 1.165) is 31.6 Å². The van der Waals surface area contributed by atoms with Crippen molar-refractivity contribution in [2.24, 2.45) is 11.8 Å². The van der Waals surface area contributed by atoms with Gasteiger partial charge in [-0.25, -0.2) is 0 Å². The lowest BCUT2D eigenvalue weighted by Crippen LogP contribution is -2.21. The first-order chi connectivity index (χ1) is 7.63. The third kappa shape index (κ3) is 4.33. The predicted molar refractivity (Wildman–Crippen MR) is 62.0 cm³/mol. The highest BCUT2D eigenvalue weighted by Crippen LogP contribution is 2.29. The second kappa shape index (κ2) is 6.66. The zero-order chi connectivity index (χ0) is 12.0. The van der Waals surface area contributed by atoms with Crippen LogP contribution in [0.3, 0.4) is 0 Å². The van der Waals surface area contributed by atoms with Gasteiger partial charge in [0, 0.05) is 12.3 Å². The van der Waals surface area contributed by atoms with Gasteiger partial charge in [0.1, 0.15) is 5.78 Å². The molecule has 1 fully saturated rings. The van der Waals surface area contributed by atoms with Crippen LogP contribution in [0.25, 0.3) is 0 Å². The summed E-state index contributed by atoms with van der Waals surface area (Å²) in [6, 6.07) is 0. The number of carbonyl (C=O) groups is 2. The van der Waals surface area contributed by atoms with Gasteiger partial charge < -0.3 is 4.74 Å². The molecular formula is C13H22O3. The topological polar surface area (TPSA) is 43.4 Å². The SMILES string of the molecule is CCOC(=O)CCC(=O)C1CCC(C)CC1. The molecule has 3 nitrogen and oxygen atoms in total. The number of esters is 1. The lowest BCUT2D eigenvalue weighted by Gasteiger charge is -2.24. The molecule has 0 aromatic carbocycles. The maximum Gasteiger partial charge on any atom is 0.306 e.